The van der Waals surface area contributed by atoms with Gasteiger partial charge in [0.1, 0.15) is 12.2 Å². The quantitative estimate of drug-likeness (QED) is 0.488. The number of hydrogen-bond acceptors (Lipinski definition) is 7. The third kappa shape index (κ3) is 6.73. The van der Waals surface area contributed by atoms with Crippen LogP contribution in [0, 0.1) is 5.92 Å². The van der Waals surface area contributed by atoms with Crippen molar-refractivity contribution in [2.75, 3.05) is 39.8 Å². The molecular weight excluding hydrogens is 556 g/mol. The smallest absolute Gasteiger partial charge is 0.331 e. The molecule has 1 aliphatic heterocycles. The Morgan fingerprint density at radius 2 is 1.77 bits per heavy atom. The third-order valence-electron chi connectivity index (χ3n) is 8.35. The number of fused-ring (bicyclic) bond motifs is 1. The average molecular weight is 599 g/mol. The van der Waals surface area contributed by atoms with Crippen LogP contribution in [0.25, 0.3) is 0 Å². The number of aromatic nitrogens is 4. The molecule has 234 valence electrons. The second-order valence-corrected chi connectivity index (χ2v) is 11.9. The first-order chi connectivity index (χ1) is 20.3. The maximum absolute atomic E-state index is 14.0. The van der Waals surface area contributed by atoms with E-state index >= 15 is 0 Å². The summed E-state index contributed by atoms with van der Waals surface area (Å²) in [5, 5.41) is 7.27. The van der Waals surface area contributed by atoms with Crippen LogP contribution in [0.15, 0.2) is 15.7 Å². The van der Waals surface area contributed by atoms with E-state index in [1.165, 1.54) is 23.9 Å². The Kier molecular flexibility index (Phi) is 9.55. The molecule has 14 heteroatoms. The maximum atomic E-state index is 14.0. The van der Waals surface area contributed by atoms with Gasteiger partial charge in [0.25, 0.3) is 17.4 Å². The van der Waals surface area contributed by atoms with Crippen LogP contribution >= 0.6 is 0 Å². The van der Waals surface area contributed by atoms with Crippen LogP contribution in [-0.2, 0) is 43.6 Å². The van der Waals surface area contributed by atoms with Crippen molar-refractivity contribution in [1.82, 2.24) is 38.9 Å². The Morgan fingerprint density at radius 1 is 1.05 bits per heavy atom. The van der Waals surface area contributed by atoms with E-state index in [2.05, 4.69) is 24.3 Å². The van der Waals surface area contributed by atoms with Gasteiger partial charge < -0.3 is 20.0 Å². The van der Waals surface area contributed by atoms with E-state index in [4.69, 9.17) is 0 Å². The normalized spacial score (nSPS) is 18.8. The summed E-state index contributed by atoms with van der Waals surface area (Å²) in [4.78, 5) is 83.3. The van der Waals surface area contributed by atoms with Crippen LogP contribution in [0.2, 0.25) is 0 Å². The predicted molar refractivity (Wildman–Crippen MR) is 158 cm³/mol. The van der Waals surface area contributed by atoms with Crippen LogP contribution in [0.1, 0.15) is 65.3 Å². The summed E-state index contributed by atoms with van der Waals surface area (Å²) in [6.07, 6.45) is 2.76. The van der Waals surface area contributed by atoms with Gasteiger partial charge in [0, 0.05) is 71.2 Å². The first kappa shape index (κ1) is 31.7. The lowest BCUT2D eigenvalue weighted by Gasteiger charge is -2.37. The molecule has 1 N–H and O–H groups in total. The Bertz CT molecular complexity index is 1540. The van der Waals surface area contributed by atoms with E-state index in [1.807, 2.05) is 4.90 Å². The van der Waals surface area contributed by atoms with Crippen molar-refractivity contribution in [3.8, 4) is 0 Å². The molecule has 2 aromatic rings. The molecule has 0 radical (unpaired) electrons. The van der Waals surface area contributed by atoms with Gasteiger partial charge in [0.2, 0.25) is 11.8 Å². The average Bonchev–Trinajstić information content (AvgIpc) is 3.29. The van der Waals surface area contributed by atoms with Gasteiger partial charge in [-0.1, -0.05) is 13.8 Å². The van der Waals surface area contributed by atoms with Crippen molar-refractivity contribution in [2.45, 2.75) is 52.0 Å². The minimum atomic E-state index is -0.647. The molecular formula is C29H42N8O6. The highest BCUT2D eigenvalue weighted by atomic mass is 16.2. The van der Waals surface area contributed by atoms with E-state index in [0.717, 1.165) is 32.9 Å². The van der Waals surface area contributed by atoms with Gasteiger partial charge in [-0.15, -0.1) is 0 Å². The number of likely N-dealkylation sites (N-methyl/N-ethyl adjacent to an activating group) is 1. The molecule has 4 amide bonds. The van der Waals surface area contributed by atoms with Gasteiger partial charge in [-0.05, 0) is 38.0 Å². The monoisotopic (exact) mass is 598 g/mol. The molecule has 14 nitrogen and oxygen atoms in total. The topological polar surface area (TPSA) is 152 Å². The number of rotatable bonds is 4. The summed E-state index contributed by atoms with van der Waals surface area (Å²) in [6, 6.07) is 0.881. The molecule has 2 bridgehead atoms. The lowest BCUT2D eigenvalue weighted by atomic mass is 9.89. The van der Waals surface area contributed by atoms with E-state index < -0.39 is 17.2 Å². The minimum Gasteiger partial charge on any atom is -0.354 e. The molecule has 0 spiro atoms. The summed E-state index contributed by atoms with van der Waals surface area (Å²) in [6.45, 7) is 4.49. The lowest BCUT2D eigenvalue weighted by Crippen LogP contribution is -2.51. The second-order valence-electron chi connectivity index (χ2n) is 11.9. The van der Waals surface area contributed by atoms with Gasteiger partial charge in [-0.3, -0.25) is 37.8 Å². The van der Waals surface area contributed by atoms with E-state index in [1.54, 1.807) is 18.8 Å². The zero-order valence-electron chi connectivity index (χ0n) is 25.9. The number of aryl methyl sites for hydroxylation is 1. The number of hydrogen-bond donors (Lipinski definition) is 1. The third-order valence-corrected chi connectivity index (χ3v) is 8.35. The Balaban J connectivity index is 1.73. The molecule has 3 heterocycles. The largest absolute Gasteiger partial charge is 0.354 e. The molecule has 0 fully saturated rings. The van der Waals surface area contributed by atoms with Crippen LogP contribution in [-0.4, -0.2) is 103 Å². The minimum absolute atomic E-state index is 0.0998. The summed E-state index contributed by atoms with van der Waals surface area (Å²) >= 11 is 0. The van der Waals surface area contributed by atoms with Gasteiger partial charge in [0.15, 0.2) is 5.69 Å². The number of nitrogens with zero attached hydrogens (tertiary/aromatic N) is 7. The standard InChI is InChI=1S/C29H42N8O6/c1-18(2)10-13-37-19-8-9-21-20(14-19)26(31-35(21)6)28(42)32(3)16-23(38)30-11-7-12-36(17-25(37)40)27(41)22-15-24(39)34(5)29(43)33(22)4/h15,18-19H,7-14,16-17H2,1-6H3,(H,30,38). The molecule has 1 aliphatic carbocycles. The molecule has 1 unspecified atom stereocenters. The number of nitrogens with one attached hydrogen (secondary N) is 1. The molecule has 4 rings (SSSR count). The van der Waals surface area contributed by atoms with Gasteiger partial charge in [-0.25, -0.2) is 4.79 Å². The second kappa shape index (κ2) is 13.0. The van der Waals surface area contributed by atoms with Gasteiger partial charge in [-0.2, -0.15) is 5.10 Å². The summed E-state index contributed by atoms with van der Waals surface area (Å²) in [5.74, 6) is -1.27. The number of carbonyl (C=O) groups is 4. The van der Waals surface area contributed by atoms with Crippen molar-refractivity contribution in [2.24, 2.45) is 27.1 Å². The maximum Gasteiger partial charge on any atom is 0.331 e. The highest BCUT2D eigenvalue weighted by molar-refractivity contribution is 5.97. The van der Waals surface area contributed by atoms with Gasteiger partial charge >= 0.3 is 5.69 Å². The highest BCUT2D eigenvalue weighted by Crippen LogP contribution is 2.28. The first-order valence-electron chi connectivity index (χ1n) is 14.7. The van der Waals surface area contributed by atoms with Crippen molar-refractivity contribution >= 4 is 23.6 Å². The van der Waals surface area contributed by atoms with E-state index in [-0.39, 0.29) is 61.3 Å². The van der Waals surface area contributed by atoms with Crippen LogP contribution < -0.4 is 16.6 Å². The predicted octanol–water partition coefficient (Wildman–Crippen LogP) is -0.716. The number of carbonyl (C=O) groups excluding carboxylic acids is 4. The molecule has 0 aromatic carbocycles. The fraction of sp³-hybridized carbons (Fsp3) is 0.621. The summed E-state index contributed by atoms with van der Waals surface area (Å²) < 4.78 is 3.71. The zero-order chi connectivity index (χ0) is 31.6. The van der Waals surface area contributed by atoms with E-state index in [0.29, 0.717) is 38.1 Å². The van der Waals surface area contributed by atoms with Crippen molar-refractivity contribution in [3.05, 3.63) is 49.5 Å². The molecule has 2 aromatic heterocycles. The van der Waals surface area contributed by atoms with E-state index in [9.17, 15) is 28.8 Å². The first-order valence-corrected chi connectivity index (χ1v) is 14.7. The lowest BCUT2D eigenvalue weighted by molar-refractivity contribution is -0.134. The Hall–Kier alpha value is -4.23. The molecule has 43 heavy (non-hydrogen) atoms. The molecule has 1 atom stereocenters. The van der Waals surface area contributed by atoms with Crippen molar-refractivity contribution in [3.63, 3.8) is 0 Å². The summed E-state index contributed by atoms with van der Waals surface area (Å²) in [7, 11) is 6.09. The fourth-order valence-corrected chi connectivity index (χ4v) is 5.75. The Morgan fingerprint density at radius 3 is 2.47 bits per heavy atom. The van der Waals surface area contributed by atoms with Crippen molar-refractivity contribution in [1.29, 1.82) is 0 Å². The van der Waals surface area contributed by atoms with Crippen molar-refractivity contribution < 1.29 is 19.2 Å². The van der Waals surface area contributed by atoms with Crippen LogP contribution in [0.4, 0.5) is 0 Å². The van der Waals surface area contributed by atoms with Crippen LogP contribution in [0.3, 0.4) is 0 Å². The Labute approximate surface area is 250 Å². The van der Waals surface area contributed by atoms with Gasteiger partial charge in [0.05, 0.1) is 6.54 Å². The molecule has 2 aliphatic rings. The highest BCUT2D eigenvalue weighted by Gasteiger charge is 2.35. The number of amides is 4. The molecule has 0 saturated heterocycles. The van der Waals surface area contributed by atoms with Crippen LogP contribution in [0.5, 0.6) is 0 Å². The SMILES string of the molecule is CC(C)CCN1C(=O)CN(C(=O)c2cc(=O)n(C)c(=O)n2C)CCCNC(=O)CN(C)C(=O)c2nn(C)c3c2CC1CC3. The molecule has 0 saturated carbocycles. The fourth-order valence-electron chi connectivity index (χ4n) is 5.75. The summed E-state index contributed by atoms with van der Waals surface area (Å²) in [5.41, 5.74) is 0.597. The zero-order valence-corrected chi connectivity index (χ0v) is 25.9.